The lowest BCUT2D eigenvalue weighted by atomic mass is 10.3. The first-order chi connectivity index (χ1) is 13.1. The van der Waals surface area contributed by atoms with Gasteiger partial charge in [-0.3, -0.25) is 9.48 Å². The van der Waals surface area contributed by atoms with Crippen LogP contribution < -0.4 is 5.56 Å². The molecule has 10 nitrogen and oxygen atoms in total. The van der Waals surface area contributed by atoms with Crippen molar-refractivity contribution in [2.45, 2.75) is 24.8 Å². The van der Waals surface area contributed by atoms with Crippen molar-refractivity contribution < 1.29 is 4.42 Å². The Morgan fingerprint density at radius 1 is 1.11 bits per heavy atom. The molecule has 1 aromatic carbocycles. The van der Waals surface area contributed by atoms with Gasteiger partial charge in [0.15, 0.2) is 5.69 Å². The van der Waals surface area contributed by atoms with Gasteiger partial charge in [-0.05, 0) is 29.5 Å². The molecule has 0 aliphatic heterocycles. The SMILES string of the molecule is Cc1nnc(CSc2nnnn2-c2c(C)n(C)n(-c3ccccc3)c2=O)o1. The molecule has 4 rings (SSSR count). The number of rotatable bonds is 5. The van der Waals surface area contributed by atoms with Gasteiger partial charge in [0.05, 0.1) is 17.1 Å². The number of benzene rings is 1. The van der Waals surface area contributed by atoms with Crippen molar-refractivity contribution in [2.24, 2.45) is 7.05 Å². The van der Waals surface area contributed by atoms with Gasteiger partial charge in [-0.1, -0.05) is 30.0 Å². The number of hydrogen-bond acceptors (Lipinski definition) is 8. The third-order valence-corrected chi connectivity index (χ3v) is 4.97. The van der Waals surface area contributed by atoms with Crippen molar-refractivity contribution in [1.82, 2.24) is 39.8 Å². The van der Waals surface area contributed by atoms with E-state index in [-0.39, 0.29) is 5.56 Å². The van der Waals surface area contributed by atoms with E-state index in [2.05, 4.69) is 25.7 Å². The van der Waals surface area contributed by atoms with Crippen LogP contribution in [0, 0.1) is 13.8 Å². The first-order valence-corrected chi connectivity index (χ1v) is 9.09. The Labute approximate surface area is 157 Å². The van der Waals surface area contributed by atoms with Crippen LogP contribution in [-0.4, -0.2) is 39.8 Å². The number of thioether (sulfide) groups is 1. The van der Waals surface area contributed by atoms with E-state index in [9.17, 15) is 4.79 Å². The molecule has 0 saturated carbocycles. The molecule has 0 aliphatic carbocycles. The first kappa shape index (κ1) is 17.2. The largest absolute Gasteiger partial charge is 0.425 e. The Kier molecular flexibility index (Phi) is 4.36. The molecular weight excluding hydrogens is 368 g/mol. The fourth-order valence-electron chi connectivity index (χ4n) is 2.73. The number of tetrazole rings is 1. The van der Waals surface area contributed by atoms with Gasteiger partial charge in [0.2, 0.25) is 16.9 Å². The first-order valence-electron chi connectivity index (χ1n) is 8.11. The Bertz CT molecular complexity index is 1140. The molecule has 0 spiro atoms. The molecule has 0 saturated heterocycles. The quantitative estimate of drug-likeness (QED) is 0.476. The molecule has 0 radical (unpaired) electrons. The summed E-state index contributed by atoms with van der Waals surface area (Å²) in [6.07, 6.45) is 0. The molecule has 138 valence electrons. The van der Waals surface area contributed by atoms with E-state index in [0.717, 1.165) is 11.4 Å². The fraction of sp³-hybridized carbons (Fsp3) is 0.250. The molecule has 0 amide bonds. The normalized spacial score (nSPS) is 11.2. The fourth-order valence-corrected chi connectivity index (χ4v) is 3.44. The number of aryl methyl sites for hydroxylation is 1. The van der Waals surface area contributed by atoms with Gasteiger partial charge in [0.25, 0.3) is 5.56 Å². The average molecular weight is 384 g/mol. The van der Waals surface area contributed by atoms with Crippen molar-refractivity contribution in [1.29, 1.82) is 0 Å². The van der Waals surface area contributed by atoms with Crippen LogP contribution in [0.25, 0.3) is 11.4 Å². The van der Waals surface area contributed by atoms with E-state index in [4.69, 9.17) is 4.42 Å². The van der Waals surface area contributed by atoms with Crippen LogP contribution in [-0.2, 0) is 12.8 Å². The summed E-state index contributed by atoms with van der Waals surface area (Å²) in [5.41, 5.74) is 1.70. The van der Waals surface area contributed by atoms with Gasteiger partial charge < -0.3 is 4.42 Å². The zero-order valence-corrected chi connectivity index (χ0v) is 15.7. The molecule has 0 fully saturated rings. The van der Waals surface area contributed by atoms with Gasteiger partial charge in [-0.2, -0.15) is 4.68 Å². The van der Waals surface area contributed by atoms with E-state index in [0.29, 0.717) is 28.4 Å². The lowest BCUT2D eigenvalue weighted by Crippen LogP contribution is -2.22. The number of aromatic nitrogens is 8. The highest BCUT2D eigenvalue weighted by atomic mass is 32.2. The Hall–Kier alpha value is -3.21. The summed E-state index contributed by atoms with van der Waals surface area (Å²) in [5, 5.41) is 20.0. The maximum absolute atomic E-state index is 13.1. The van der Waals surface area contributed by atoms with Gasteiger partial charge in [0, 0.05) is 14.0 Å². The Balaban J connectivity index is 1.73. The Morgan fingerprint density at radius 3 is 2.59 bits per heavy atom. The van der Waals surface area contributed by atoms with Crippen LogP contribution in [0.1, 0.15) is 17.5 Å². The minimum Gasteiger partial charge on any atom is -0.425 e. The summed E-state index contributed by atoms with van der Waals surface area (Å²) in [4.78, 5) is 13.1. The van der Waals surface area contributed by atoms with Gasteiger partial charge in [0.1, 0.15) is 0 Å². The minimum atomic E-state index is -0.205. The summed E-state index contributed by atoms with van der Waals surface area (Å²) in [5.74, 6) is 1.37. The highest BCUT2D eigenvalue weighted by Crippen LogP contribution is 2.22. The van der Waals surface area contributed by atoms with E-state index in [1.54, 1.807) is 16.3 Å². The Morgan fingerprint density at radius 2 is 1.89 bits per heavy atom. The minimum absolute atomic E-state index is 0.205. The molecule has 0 atom stereocenters. The molecule has 11 heteroatoms. The van der Waals surface area contributed by atoms with Gasteiger partial charge in [-0.25, -0.2) is 4.68 Å². The molecule has 27 heavy (non-hydrogen) atoms. The topological polar surface area (TPSA) is 109 Å². The summed E-state index contributed by atoms with van der Waals surface area (Å²) < 4.78 is 10.2. The second-order valence-electron chi connectivity index (χ2n) is 5.79. The molecular formula is C16H16N8O2S. The van der Waals surface area contributed by atoms with Crippen LogP contribution in [0.3, 0.4) is 0 Å². The summed E-state index contributed by atoms with van der Waals surface area (Å²) in [6.45, 7) is 3.58. The monoisotopic (exact) mass is 384 g/mol. The number of para-hydroxylation sites is 1. The predicted octanol–water partition coefficient (Wildman–Crippen LogP) is 1.44. The van der Waals surface area contributed by atoms with Crippen LogP contribution in [0.5, 0.6) is 0 Å². The maximum Gasteiger partial charge on any atom is 0.297 e. The molecule has 0 N–H and O–H groups in total. The second-order valence-corrected chi connectivity index (χ2v) is 6.73. The van der Waals surface area contributed by atoms with Gasteiger partial charge in [-0.15, -0.1) is 15.3 Å². The second kappa shape index (κ2) is 6.83. The van der Waals surface area contributed by atoms with Crippen LogP contribution in [0.4, 0.5) is 0 Å². The van der Waals surface area contributed by atoms with Crippen molar-refractivity contribution in [2.75, 3.05) is 0 Å². The summed E-state index contributed by atoms with van der Waals surface area (Å²) in [7, 11) is 1.83. The zero-order chi connectivity index (χ0) is 19.0. The summed E-state index contributed by atoms with van der Waals surface area (Å²) in [6, 6.07) is 9.42. The van der Waals surface area contributed by atoms with Crippen molar-refractivity contribution in [3.8, 4) is 11.4 Å². The molecule has 0 aliphatic rings. The van der Waals surface area contributed by atoms with Crippen molar-refractivity contribution >= 4 is 11.8 Å². The lowest BCUT2D eigenvalue weighted by molar-refractivity contribution is 0.485. The maximum atomic E-state index is 13.1. The highest BCUT2D eigenvalue weighted by Gasteiger charge is 2.22. The molecule has 0 unspecified atom stereocenters. The van der Waals surface area contributed by atoms with E-state index in [1.807, 2.05) is 44.3 Å². The predicted molar refractivity (Wildman–Crippen MR) is 97.1 cm³/mol. The lowest BCUT2D eigenvalue weighted by Gasteiger charge is -2.07. The molecule has 0 bridgehead atoms. The van der Waals surface area contributed by atoms with Crippen molar-refractivity contribution in [3.05, 3.63) is 58.2 Å². The van der Waals surface area contributed by atoms with E-state index >= 15 is 0 Å². The average Bonchev–Trinajstić information content (AvgIpc) is 3.34. The van der Waals surface area contributed by atoms with Crippen LogP contribution in [0.2, 0.25) is 0 Å². The van der Waals surface area contributed by atoms with E-state index < -0.39 is 0 Å². The smallest absolute Gasteiger partial charge is 0.297 e. The van der Waals surface area contributed by atoms with Gasteiger partial charge >= 0.3 is 0 Å². The highest BCUT2D eigenvalue weighted by molar-refractivity contribution is 7.98. The standard InChI is InChI=1S/C16H16N8O2S/c1-10-14(15(25)24(22(10)3)12-7-5-4-6-8-12)23-16(19-20-21-23)27-9-13-18-17-11(2)26-13/h4-8H,9H2,1-3H3. The van der Waals surface area contributed by atoms with Crippen LogP contribution in [0.15, 0.2) is 44.7 Å². The molecule has 3 aromatic heterocycles. The summed E-state index contributed by atoms with van der Waals surface area (Å²) >= 11 is 1.32. The number of hydrogen-bond donors (Lipinski definition) is 0. The molecule has 4 aromatic rings. The molecule has 3 heterocycles. The van der Waals surface area contributed by atoms with Crippen molar-refractivity contribution in [3.63, 3.8) is 0 Å². The number of nitrogens with zero attached hydrogens (tertiary/aromatic N) is 8. The zero-order valence-electron chi connectivity index (χ0n) is 14.9. The van der Waals surface area contributed by atoms with E-state index in [1.165, 1.54) is 16.4 Å². The third-order valence-electron chi connectivity index (χ3n) is 4.07. The van der Waals surface area contributed by atoms with Crippen LogP contribution >= 0.6 is 11.8 Å². The third kappa shape index (κ3) is 3.05.